The smallest absolute Gasteiger partial charge is 0.0270 e. The molecule has 0 aliphatic heterocycles. The monoisotopic (exact) mass is 255 g/mol. The maximum Gasteiger partial charge on any atom is 0.0270 e. The summed E-state index contributed by atoms with van der Waals surface area (Å²) in [7, 11) is 0. The maximum absolute atomic E-state index is 4.03. The predicted octanol–water partition coefficient (Wildman–Crippen LogP) is 3.99. The molecule has 1 rings (SSSR count). The van der Waals surface area contributed by atoms with Crippen LogP contribution < -0.4 is 0 Å². The van der Waals surface area contributed by atoms with E-state index in [0.717, 1.165) is 0 Å². The van der Waals surface area contributed by atoms with Crippen molar-refractivity contribution in [2.45, 2.75) is 38.4 Å². The molecule has 0 amide bonds. The van der Waals surface area contributed by atoms with Gasteiger partial charge in [-0.25, -0.2) is 0 Å². The van der Waals surface area contributed by atoms with Gasteiger partial charge in [-0.1, -0.05) is 43.6 Å². The lowest BCUT2D eigenvalue weighted by molar-refractivity contribution is 0.369. The summed E-state index contributed by atoms with van der Waals surface area (Å²) in [6, 6.07) is 4.18. The number of rotatable bonds is 2. The molecule has 0 saturated heterocycles. The lowest BCUT2D eigenvalue weighted by Crippen LogP contribution is -2.25. The van der Waals surface area contributed by atoms with Crippen LogP contribution >= 0.6 is 15.9 Å². The molecule has 78 valence electrons. The minimum absolute atomic E-state index is 0.280. The van der Waals surface area contributed by atoms with Gasteiger partial charge in [0.2, 0.25) is 0 Å². The van der Waals surface area contributed by atoms with Crippen molar-refractivity contribution in [3.63, 3.8) is 0 Å². The van der Waals surface area contributed by atoms with Gasteiger partial charge >= 0.3 is 0 Å². The second-order valence-electron chi connectivity index (χ2n) is 4.84. The minimum atomic E-state index is 0.280. The molecular weight excluding hydrogens is 238 g/mol. The Labute approximate surface area is 95.1 Å². The van der Waals surface area contributed by atoms with E-state index in [4.69, 9.17) is 0 Å². The first kappa shape index (κ1) is 11.7. The van der Waals surface area contributed by atoms with Crippen LogP contribution in [-0.2, 0) is 0 Å². The largest absolute Gasteiger partial charge is 0.265 e. The molecule has 0 saturated carbocycles. The van der Waals surface area contributed by atoms with Gasteiger partial charge in [-0.05, 0) is 29.0 Å². The Morgan fingerprint density at radius 1 is 1.21 bits per heavy atom. The van der Waals surface area contributed by atoms with E-state index in [1.54, 1.807) is 0 Å². The molecule has 2 unspecified atom stereocenters. The molecule has 2 heteroatoms. The average molecular weight is 256 g/mol. The quantitative estimate of drug-likeness (QED) is 0.729. The first-order valence-corrected chi connectivity index (χ1v) is 5.88. The van der Waals surface area contributed by atoms with E-state index < -0.39 is 0 Å². The van der Waals surface area contributed by atoms with E-state index in [-0.39, 0.29) is 5.41 Å². The molecule has 2 atom stereocenters. The Hall–Kier alpha value is -0.370. The Kier molecular flexibility index (Phi) is 3.71. The highest BCUT2D eigenvalue weighted by molar-refractivity contribution is 9.09. The molecule has 0 spiro atoms. The van der Waals surface area contributed by atoms with Crippen LogP contribution in [-0.4, -0.2) is 9.81 Å². The van der Waals surface area contributed by atoms with E-state index in [2.05, 4.69) is 60.7 Å². The number of hydrogen-bond acceptors (Lipinski definition) is 1. The van der Waals surface area contributed by atoms with Crippen molar-refractivity contribution in [1.29, 1.82) is 0 Å². The van der Waals surface area contributed by atoms with Crippen LogP contribution in [0.3, 0.4) is 0 Å². The van der Waals surface area contributed by atoms with Crippen LogP contribution in [0.15, 0.2) is 24.5 Å². The third-order valence-electron chi connectivity index (χ3n) is 2.50. The third kappa shape index (κ3) is 2.81. The molecule has 0 radical (unpaired) electrons. The number of hydrogen-bond donors (Lipinski definition) is 0. The highest BCUT2D eigenvalue weighted by Crippen LogP contribution is 2.36. The van der Waals surface area contributed by atoms with Crippen LogP contribution in [0.4, 0.5) is 0 Å². The zero-order chi connectivity index (χ0) is 10.8. The fraction of sp³-hybridized carbons (Fsp3) is 0.583. The van der Waals surface area contributed by atoms with Crippen LogP contribution in [0.1, 0.15) is 39.2 Å². The number of nitrogens with zero attached hydrogens (tertiary/aromatic N) is 1. The second-order valence-corrected chi connectivity index (χ2v) is 5.82. The molecule has 0 aliphatic carbocycles. The van der Waals surface area contributed by atoms with Crippen molar-refractivity contribution in [3.8, 4) is 0 Å². The van der Waals surface area contributed by atoms with E-state index in [0.29, 0.717) is 10.7 Å². The summed E-state index contributed by atoms with van der Waals surface area (Å²) in [6.45, 7) is 9.01. The summed E-state index contributed by atoms with van der Waals surface area (Å²) < 4.78 is 0. The SMILES string of the molecule is CC(c1ccncc1)C(Br)C(C)(C)C. The third-order valence-corrected chi connectivity index (χ3v) is 4.66. The minimum Gasteiger partial charge on any atom is -0.265 e. The summed E-state index contributed by atoms with van der Waals surface area (Å²) in [4.78, 5) is 4.52. The topological polar surface area (TPSA) is 12.9 Å². The molecule has 0 N–H and O–H groups in total. The normalized spacial score (nSPS) is 16.4. The molecule has 1 aromatic rings. The fourth-order valence-electron chi connectivity index (χ4n) is 1.59. The van der Waals surface area contributed by atoms with Gasteiger partial charge in [0.15, 0.2) is 0 Å². The lowest BCUT2D eigenvalue weighted by Gasteiger charge is -2.31. The van der Waals surface area contributed by atoms with Gasteiger partial charge in [-0.3, -0.25) is 4.98 Å². The Bertz CT molecular complexity index is 276. The van der Waals surface area contributed by atoms with E-state index in [9.17, 15) is 0 Å². The molecule has 1 aromatic heterocycles. The molecule has 1 heterocycles. The zero-order valence-corrected chi connectivity index (χ0v) is 10.9. The molecule has 0 aliphatic rings. The van der Waals surface area contributed by atoms with Crippen molar-refractivity contribution >= 4 is 15.9 Å². The van der Waals surface area contributed by atoms with Gasteiger partial charge in [0.05, 0.1) is 0 Å². The van der Waals surface area contributed by atoms with Crippen LogP contribution in [0, 0.1) is 5.41 Å². The van der Waals surface area contributed by atoms with Crippen LogP contribution in [0.2, 0.25) is 0 Å². The van der Waals surface area contributed by atoms with Gasteiger partial charge in [0.25, 0.3) is 0 Å². The summed E-state index contributed by atoms with van der Waals surface area (Å²) >= 11 is 3.78. The van der Waals surface area contributed by atoms with Gasteiger partial charge in [0, 0.05) is 17.2 Å². The van der Waals surface area contributed by atoms with Crippen molar-refractivity contribution < 1.29 is 0 Å². The van der Waals surface area contributed by atoms with Gasteiger partial charge in [0.1, 0.15) is 0 Å². The van der Waals surface area contributed by atoms with Crippen molar-refractivity contribution in [1.82, 2.24) is 4.98 Å². The molecule has 1 nitrogen and oxygen atoms in total. The highest BCUT2D eigenvalue weighted by atomic mass is 79.9. The predicted molar refractivity (Wildman–Crippen MR) is 64.8 cm³/mol. The molecule has 0 fully saturated rings. The standard InChI is InChI=1S/C12H18BrN/c1-9(11(13)12(2,3)4)10-5-7-14-8-6-10/h5-9,11H,1-4H3. The second kappa shape index (κ2) is 4.43. The Morgan fingerprint density at radius 2 is 1.71 bits per heavy atom. The van der Waals surface area contributed by atoms with E-state index >= 15 is 0 Å². The lowest BCUT2D eigenvalue weighted by atomic mass is 9.82. The summed E-state index contributed by atoms with van der Waals surface area (Å²) in [5.74, 6) is 0.512. The molecular formula is C12H18BrN. The Morgan fingerprint density at radius 3 is 2.14 bits per heavy atom. The summed E-state index contributed by atoms with van der Waals surface area (Å²) in [5, 5.41) is 0. The van der Waals surface area contributed by atoms with Crippen molar-refractivity contribution in [3.05, 3.63) is 30.1 Å². The molecule has 0 aromatic carbocycles. The first-order chi connectivity index (χ1) is 6.43. The summed E-state index contributed by atoms with van der Waals surface area (Å²) in [6.07, 6.45) is 3.71. The number of pyridine rings is 1. The fourth-order valence-corrected chi connectivity index (χ4v) is 1.89. The molecule has 0 bridgehead atoms. The van der Waals surface area contributed by atoms with Crippen LogP contribution in [0.25, 0.3) is 0 Å². The number of aromatic nitrogens is 1. The van der Waals surface area contributed by atoms with Gasteiger partial charge in [-0.15, -0.1) is 0 Å². The average Bonchev–Trinajstić information content (AvgIpc) is 2.15. The van der Waals surface area contributed by atoms with Gasteiger partial charge < -0.3 is 0 Å². The summed E-state index contributed by atoms with van der Waals surface area (Å²) in [5.41, 5.74) is 1.62. The van der Waals surface area contributed by atoms with E-state index in [1.165, 1.54) is 5.56 Å². The van der Waals surface area contributed by atoms with E-state index in [1.807, 2.05) is 12.4 Å². The highest BCUT2D eigenvalue weighted by Gasteiger charge is 2.27. The first-order valence-electron chi connectivity index (χ1n) is 4.97. The number of alkyl halides is 1. The zero-order valence-electron chi connectivity index (χ0n) is 9.29. The van der Waals surface area contributed by atoms with Crippen molar-refractivity contribution in [2.24, 2.45) is 5.41 Å². The van der Waals surface area contributed by atoms with Crippen LogP contribution in [0.5, 0.6) is 0 Å². The van der Waals surface area contributed by atoms with Gasteiger partial charge in [-0.2, -0.15) is 0 Å². The number of halogens is 1. The maximum atomic E-state index is 4.03. The Balaban J connectivity index is 2.81. The molecule has 14 heavy (non-hydrogen) atoms. The van der Waals surface area contributed by atoms with Crippen molar-refractivity contribution in [2.75, 3.05) is 0 Å².